The number of ether oxygens (including phenoxy) is 2. The first kappa shape index (κ1) is 17.4. The monoisotopic (exact) mass is 359 g/mol. The van der Waals surface area contributed by atoms with Gasteiger partial charge in [-0.3, -0.25) is 9.69 Å². The van der Waals surface area contributed by atoms with Crippen molar-refractivity contribution in [1.82, 2.24) is 4.90 Å². The van der Waals surface area contributed by atoms with E-state index < -0.39 is 28.0 Å². The first-order chi connectivity index (χ1) is 10.5. The molecular weight excluding hydrogens is 334 g/mol. The van der Waals surface area contributed by atoms with E-state index in [0.29, 0.717) is 0 Å². The molecule has 1 spiro atoms. The summed E-state index contributed by atoms with van der Waals surface area (Å²) in [5.41, 5.74) is -0.886. The van der Waals surface area contributed by atoms with Crippen molar-refractivity contribution in [2.75, 3.05) is 11.5 Å². The van der Waals surface area contributed by atoms with Crippen molar-refractivity contribution in [3.05, 3.63) is 0 Å². The van der Waals surface area contributed by atoms with Crippen LogP contribution in [0.15, 0.2) is 0 Å². The van der Waals surface area contributed by atoms with Crippen LogP contribution in [0.25, 0.3) is 0 Å². The molecule has 0 aromatic rings. The van der Waals surface area contributed by atoms with Crippen LogP contribution < -0.4 is 0 Å². The molecule has 0 bridgehead atoms. The highest BCUT2D eigenvalue weighted by Gasteiger charge is 2.73. The molecule has 1 amide bonds. The highest BCUT2D eigenvalue weighted by atomic mass is 32.2. The fourth-order valence-corrected chi connectivity index (χ4v) is 6.59. The Hall–Kier alpha value is -0.400. The lowest BCUT2D eigenvalue weighted by Crippen LogP contribution is -2.69. The van der Waals surface area contributed by atoms with Gasteiger partial charge >= 0.3 is 6.09 Å². The third-order valence-corrected chi connectivity index (χ3v) is 7.67. The topological polar surface area (TPSA) is 55.8 Å². The zero-order chi connectivity index (χ0) is 17.2. The average Bonchev–Trinajstić information content (AvgIpc) is 3.00. The molecule has 5 nitrogen and oxygen atoms in total. The number of rotatable bonds is 0. The zero-order valence-electron chi connectivity index (χ0n) is 14.5. The number of ketones is 1. The number of thioether (sulfide) groups is 2. The largest absolute Gasteiger partial charge is 0.444 e. The molecule has 0 unspecified atom stereocenters. The van der Waals surface area contributed by atoms with Crippen molar-refractivity contribution >= 4 is 35.4 Å². The van der Waals surface area contributed by atoms with Crippen LogP contribution in [-0.4, -0.2) is 56.3 Å². The molecule has 2 saturated heterocycles. The molecule has 3 fully saturated rings. The Morgan fingerprint density at radius 1 is 1.22 bits per heavy atom. The second kappa shape index (κ2) is 5.30. The summed E-state index contributed by atoms with van der Waals surface area (Å²) in [4.78, 5) is 27.1. The van der Waals surface area contributed by atoms with Gasteiger partial charge in [0.1, 0.15) is 24.0 Å². The summed E-state index contributed by atoms with van der Waals surface area (Å²) in [5, 5.41) is 0. The van der Waals surface area contributed by atoms with E-state index in [-0.39, 0.29) is 17.3 Å². The highest BCUT2D eigenvalue weighted by molar-refractivity contribution is 8.22. The van der Waals surface area contributed by atoms with E-state index in [2.05, 4.69) is 0 Å². The number of fused-ring (bicyclic) bond motifs is 2. The molecule has 130 valence electrons. The SMILES string of the molecule is CC(C)(C)OC(=O)N1[C@H]2C(=O)C3(SCCS3)[C@H]2O[C@@H]1C(C)(C)C. The first-order valence-electron chi connectivity index (χ1n) is 7.96. The van der Waals surface area contributed by atoms with Gasteiger partial charge in [0, 0.05) is 16.9 Å². The third-order valence-electron chi connectivity index (χ3n) is 4.16. The third kappa shape index (κ3) is 2.68. The number of nitrogens with zero attached hydrogens (tertiary/aromatic N) is 1. The minimum atomic E-state index is -0.598. The predicted molar refractivity (Wildman–Crippen MR) is 92.6 cm³/mol. The number of carbonyl (C=O) groups excluding carboxylic acids is 2. The summed E-state index contributed by atoms with van der Waals surface area (Å²) >= 11 is 3.33. The molecular formula is C16H25NO4S2. The fraction of sp³-hybridized carbons (Fsp3) is 0.875. The van der Waals surface area contributed by atoms with E-state index in [1.807, 2.05) is 41.5 Å². The molecule has 0 aromatic carbocycles. The normalized spacial score (nSPS) is 32.9. The van der Waals surface area contributed by atoms with Crippen molar-refractivity contribution in [3.8, 4) is 0 Å². The standard InChI is InChI=1S/C16H25NO4S2/c1-14(2,3)12-17(13(19)21-15(4,5)6)9-10(18)16(11(9)20-12)22-7-8-23-16/h9,11-12H,7-8H2,1-6H3/t9-,11-,12+/m0/s1. The van der Waals surface area contributed by atoms with E-state index in [9.17, 15) is 9.59 Å². The number of hydrogen-bond donors (Lipinski definition) is 0. The van der Waals surface area contributed by atoms with Crippen LogP contribution in [0.3, 0.4) is 0 Å². The molecule has 3 aliphatic rings. The molecule has 0 radical (unpaired) electrons. The molecule has 23 heavy (non-hydrogen) atoms. The maximum absolute atomic E-state index is 12.8. The molecule has 3 rings (SSSR count). The molecule has 1 aliphatic carbocycles. The number of Topliss-reactive ketones (excluding diaryl/α,β-unsaturated/α-hetero) is 1. The summed E-state index contributed by atoms with van der Waals surface area (Å²) in [6.07, 6.45) is -1.14. The second-order valence-electron chi connectivity index (χ2n) is 8.34. The van der Waals surface area contributed by atoms with Gasteiger partial charge in [-0.05, 0) is 20.8 Å². The van der Waals surface area contributed by atoms with Gasteiger partial charge in [0.15, 0.2) is 9.86 Å². The zero-order valence-corrected chi connectivity index (χ0v) is 16.2. The fourth-order valence-electron chi connectivity index (χ4n) is 3.26. The van der Waals surface area contributed by atoms with Crippen LogP contribution in [0, 0.1) is 5.41 Å². The summed E-state index contributed by atoms with van der Waals surface area (Å²) < 4.78 is 11.3. The Balaban J connectivity index is 1.90. The molecule has 1 saturated carbocycles. The molecule has 2 heterocycles. The lowest BCUT2D eigenvalue weighted by molar-refractivity contribution is -0.134. The Morgan fingerprint density at radius 2 is 1.78 bits per heavy atom. The smallest absolute Gasteiger partial charge is 0.413 e. The maximum atomic E-state index is 12.8. The summed E-state index contributed by atoms with van der Waals surface area (Å²) in [6, 6.07) is -0.507. The van der Waals surface area contributed by atoms with Gasteiger partial charge in [0.25, 0.3) is 0 Å². The van der Waals surface area contributed by atoms with Crippen molar-refractivity contribution in [3.63, 3.8) is 0 Å². The molecule has 7 heteroatoms. The van der Waals surface area contributed by atoms with Crippen molar-refractivity contribution in [1.29, 1.82) is 0 Å². The van der Waals surface area contributed by atoms with E-state index in [0.717, 1.165) is 11.5 Å². The Labute approximate surface area is 146 Å². The molecule has 2 aliphatic heterocycles. The molecule has 0 aromatic heterocycles. The number of amides is 1. The van der Waals surface area contributed by atoms with Crippen molar-refractivity contribution < 1.29 is 19.1 Å². The Morgan fingerprint density at radius 3 is 2.26 bits per heavy atom. The van der Waals surface area contributed by atoms with Gasteiger partial charge in [-0.25, -0.2) is 4.79 Å². The van der Waals surface area contributed by atoms with Crippen LogP contribution in [0.1, 0.15) is 41.5 Å². The van der Waals surface area contributed by atoms with Gasteiger partial charge < -0.3 is 9.47 Å². The Kier molecular flexibility index (Phi) is 4.01. The average molecular weight is 360 g/mol. The van der Waals surface area contributed by atoms with Crippen LogP contribution in [0.5, 0.6) is 0 Å². The first-order valence-corrected chi connectivity index (χ1v) is 9.93. The number of carbonyl (C=O) groups is 2. The van der Waals surface area contributed by atoms with Gasteiger partial charge in [0.2, 0.25) is 0 Å². The number of hydrogen-bond acceptors (Lipinski definition) is 6. The Bertz CT molecular complexity index is 531. The van der Waals surface area contributed by atoms with Crippen molar-refractivity contribution in [2.45, 2.75) is 69.6 Å². The van der Waals surface area contributed by atoms with E-state index in [4.69, 9.17) is 9.47 Å². The van der Waals surface area contributed by atoms with Gasteiger partial charge in [0.05, 0.1) is 0 Å². The van der Waals surface area contributed by atoms with E-state index in [1.165, 1.54) is 0 Å². The minimum absolute atomic E-state index is 0.104. The van der Waals surface area contributed by atoms with E-state index in [1.54, 1.807) is 28.4 Å². The summed E-state index contributed by atoms with van der Waals surface area (Å²) in [6.45, 7) is 11.6. The van der Waals surface area contributed by atoms with Crippen LogP contribution in [0.4, 0.5) is 4.79 Å². The lowest BCUT2D eigenvalue weighted by atomic mass is 9.85. The van der Waals surface area contributed by atoms with Crippen LogP contribution in [-0.2, 0) is 14.3 Å². The van der Waals surface area contributed by atoms with Gasteiger partial charge in [-0.1, -0.05) is 20.8 Å². The van der Waals surface area contributed by atoms with Gasteiger partial charge in [-0.15, -0.1) is 23.5 Å². The minimum Gasteiger partial charge on any atom is -0.444 e. The van der Waals surface area contributed by atoms with Crippen molar-refractivity contribution in [2.24, 2.45) is 5.41 Å². The summed E-state index contributed by atoms with van der Waals surface area (Å²) in [5.74, 6) is 2.01. The van der Waals surface area contributed by atoms with Crippen LogP contribution >= 0.6 is 23.5 Å². The molecule has 0 N–H and O–H groups in total. The van der Waals surface area contributed by atoms with Crippen LogP contribution in [0.2, 0.25) is 0 Å². The molecule has 3 atom stereocenters. The predicted octanol–water partition coefficient (Wildman–Crippen LogP) is 3.12. The second-order valence-corrected chi connectivity index (χ2v) is 11.3. The maximum Gasteiger partial charge on any atom is 0.413 e. The summed E-state index contributed by atoms with van der Waals surface area (Å²) in [7, 11) is 0. The lowest BCUT2D eigenvalue weighted by Gasteiger charge is -2.46. The van der Waals surface area contributed by atoms with E-state index >= 15 is 0 Å². The van der Waals surface area contributed by atoms with Gasteiger partial charge in [-0.2, -0.15) is 0 Å². The quantitative estimate of drug-likeness (QED) is 0.662. The highest BCUT2D eigenvalue weighted by Crippen LogP contribution is 2.60.